The molecule has 0 saturated carbocycles. The molecule has 0 unspecified atom stereocenters. The second kappa shape index (κ2) is 8.68. The summed E-state index contributed by atoms with van der Waals surface area (Å²) in [6.45, 7) is 5.45. The Balaban J connectivity index is 1.71. The lowest BCUT2D eigenvalue weighted by Gasteiger charge is -2.23. The highest BCUT2D eigenvalue weighted by Gasteiger charge is 2.37. The molecule has 2 aromatic rings. The smallest absolute Gasteiger partial charge is 0.254 e. The minimum atomic E-state index is -0.288. The van der Waals surface area contributed by atoms with Gasteiger partial charge in [0.2, 0.25) is 5.91 Å². The van der Waals surface area contributed by atoms with Crippen molar-refractivity contribution in [2.45, 2.75) is 38.9 Å². The van der Waals surface area contributed by atoms with Crippen molar-refractivity contribution in [3.8, 4) is 0 Å². The molecule has 2 aromatic heterocycles. The molecule has 1 saturated heterocycles. The third kappa shape index (κ3) is 4.65. The molecule has 8 heteroatoms. The fourth-order valence-corrected chi connectivity index (χ4v) is 3.35. The maximum absolute atomic E-state index is 12.6. The molecular weight excluding hydrogens is 344 g/mol. The quantitative estimate of drug-likeness (QED) is 0.778. The van der Waals surface area contributed by atoms with E-state index in [1.165, 1.54) is 12.5 Å². The first-order chi connectivity index (χ1) is 13.1. The molecule has 8 nitrogen and oxygen atoms in total. The number of amides is 2. The van der Waals surface area contributed by atoms with Gasteiger partial charge >= 0.3 is 0 Å². The number of hydrogen-bond donors (Lipinski definition) is 2. The van der Waals surface area contributed by atoms with Gasteiger partial charge in [0.25, 0.3) is 5.91 Å². The summed E-state index contributed by atoms with van der Waals surface area (Å²) < 4.78 is 0. The zero-order valence-corrected chi connectivity index (χ0v) is 15.6. The summed E-state index contributed by atoms with van der Waals surface area (Å²) in [6.07, 6.45) is 7.02. The number of likely N-dealkylation sites (N-methyl/N-ethyl adjacent to an activating group) is 1. The number of nitrogens with one attached hydrogen (secondary N) is 2. The minimum absolute atomic E-state index is 0.0163. The summed E-state index contributed by atoms with van der Waals surface area (Å²) in [6, 6.07) is 3.45. The highest BCUT2D eigenvalue weighted by molar-refractivity contribution is 5.95. The molecule has 0 spiro atoms. The molecule has 2 N–H and O–H groups in total. The molecule has 3 heterocycles. The lowest BCUT2D eigenvalue weighted by molar-refractivity contribution is -0.125. The van der Waals surface area contributed by atoms with Gasteiger partial charge in [-0.2, -0.15) is 0 Å². The van der Waals surface area contributed by atoms with Crippen LogP contribution in [-0.2, 0) is 11.3 Å². The summed E-state index contributed by atoms with van der Waals surface area (Å²) in [4.78, 5) is 39.3. The van der Waals surface area contributed by atoms with Gasteiger partial charge in [0, 0.05) is 44.3 Å². The van der Waals surface area contributed by atoms with Gasteiger partial charge in [-0.25, -0.2) is 9.97 Å². The maximum Gasteiger partial charge on any atom is 0.254 e. The number of rotatable bonds is 6. The Morgan fingerprint density at radius 2 is 2.15 bits per heavy atom. The van der Waals surface area contributed by atoms with E-state index in [1.54, 1.807) is 19.3 Å². The summed E-state index contributed by atoms with van der Waals surface area (Å²) in [5.74, 6) is -0.228. The van der Waals surface area contributed by atoms with E-state index >= 15 is 0 Å². The van der Waals surface area contributed by atoms with E-state index in [2.05, 4.69) is 30.5 Å². The van der Waals surface area contributed by atoms with Crippen LogP contribution in [-0.4, -0.2) is 56.8 Å². The average molecular weight is 368 g/mol. The van der Waals surface area contributed by atoms with Gasteiger partial charge in [-0.05, 0) is 31.9 Å². The summed E-state index contributed by atoms with van der Waals surface area (Å²) >= 11 is 0. The lowest BCUT2D eigenvalue weighted by atomic mass is 10.1. The fraction of sp³-hybridized carbons (Fsp3) is 0.421. The predicted octanol–water partition coefficient (Wildman–Crippen LogP) is 0.689. The van der Waals surface area contributed by atoms with Crippen LogP contribution in [0.1, 0.15) is 35.0 Å². The summed E-state index contributed by atoms with van der Waals surface area (Å²) in [5, 5.41) is 5.91. The first-order valence-corrected chi connectivity index (χ1v) is 9.06. The van der Waals surface area contributed by atoms with Crippen LogP contribution in [0, 0.1) is 6.92 Å². The molecule has 1 aliphatic rings. The van der Waals surface area contributed by atoms with Crippen LogP contribution in [0.25, 0.3) is 0 Å². The van der Waals surface area contributed by atoms with Crippen molar-refractivity contribution in [1.29, 1.82) is 0 Å². The van der Waals surface area contributed by atoms with Crippen LogP contribution in [0.4, 0.5) is 0 Å². The number of aryl methyl sites for hydroxylation is 1. The molecular formula is C19H24N6O2. The van der Waals surface area contributed by atoms with E-state index in [-0.39, 0.29) is 23.9 Å². The molecule has 1 aliphatic heterocycles. The van der Waals surface area contributed by atoms with Crippen LogP contribution in [0.3, 0.4) is 0 Å². The van der Waals surface area contributed by atoms with Crippen molar-refractivity contribution in [3.05, 3.63) is 53.9 Å². The van der Waals surface area contributed by atoms with E-state index < -0.39 is 0 Å². The largest absolute Gasteiger partial charge is 0.355 e. The van der Waals surface area contributed by atoms with Gasteiger partial charge in [-0.3, -0.25) is 19.5 Å². The lowest BCUT2D eigenvalue weighted by Crippen LogP contribution is -2.42. The van der Waals surface area contributed by atoms with Crippen molar-refractivity contribution in [2.75, 3.05) is 13.1 Å². The van der Waals surface area contributed by atoms with Crippen LogP contribution < -0.4 is 10.6 Å². The van der Waals surface area contributed by atoms with Crippen LogP contribution in [0.2, 0.25) is 0 Å². The second-order valence-electron chi connectivity index (χ2n) is 6.63. The van der Waals surface area contributed by atoms with E-state index in [4.69, 9.17) is 0 Å². The first kappa shape index (κ1) is 18.9. The monoisotopic (exact) mass is 368 g/mol. The Labute approximate surface area is 158 Å². The molecule has 2 atom stereocenters. The number of likely N-dealkylation sites (tertiary alicyclic amines) is 1. The molecule has 0 bridgehead atoms. The van der Waals surface area contributed by atoms with Crippen LogP contribution in [0.5, 0.6) is 0 Å². The van der Waals surface area contributed by atoms with Crippen molar-refractivity contribution >= 4 is 11.8 Å². The van der Waals surface area contributed by atoms with Gasteiger partial charge in [0.05, 0.1) is 17.3 Å². The minimum Gasteiger partial charge on any atom is -0.355 e. The molecule has 2 amide bonds. The van der Waals surface area contributed by atoms with Gasteiger partial charge in [0.1, 0.15) is 6.33 Å². The number of nitrogens with zero attached hydrogens (tertiary/aromatic N) is 4. The molecule has 0 aromatic carbocycles. The summed E-state index contributed by atoms with van der Waals surface area (Å²) in [5.41, 5.74) is 2.12. The highest BCUT2D eigenvalue weighted by atomic mass is 16.2. The van der Waals surface area contributed by atoms with E-state index in [1.807, 2.05) is 19.1 Å². The van der Waals surface area contributed by atoms with Gasteiger partial charge in [0.15, 0.2) is 0 Å². The van der Waals surface area contributed by atoms with E-state index in [0.29, 0.717) is 37.3 Å². The number of carbonyl (C=O) groups excluding carboxylic acids is 2. The number of hydrogen-bond acceptors (Lipinski definition) is 6. The first-order valence-electron chi connectivity index (χ1n) is 9.06. The van der Waals surface area contributed by atoms with Crippen LogP contribution >= 0.6 is 0 Å². The Hall–Kier alpha value is -2.87. The zero-order valence-electron chi connectivity index (χ0n) is 15.6. The zero-order chi connectivity index (χ0) is 19.2. The highest BCUT2D eigenvalue weighted by Crippen LogP contribution is 2.21. The molecule has 27 heavy (non-hydrogen) atoms. The third-order valence-electron chi connectivity index (χ3n) is 4.66. The number of carbonyl (C=O) groups is 2. The van der Waals surface area contributed by atoms with Crippen LogP contribution in [0.15, 0.2) is 37.1 Å². The van der Waals surface area contributed by atoms with Crippen molar-refractivity contribution in [3.63, 3.8) is 0 Å². The average Bonchev–Trinajstić information content (AvgIpc) is 3.05. The number of pyridine rings is 1. The van der Waals surface area contributed by atoms with E-state index in [0.717, 1.165) is 5.56 Å². The maximum atomic E-state index is 12.6. The molecule has 0 radical (unpaired) electrons. The fourth-order valence-electron chi connectivity index (χ4n) is 3.35. The predicted molar refractivity (Wildman–Crippen MR) is 99.8 cm³/mol. The molecule has 1 fully saturated rings. The Morgan fingerprint density at radius 3 is 2.85 bits per heavy atom. The Kier molecular flexibility index (Phi) is 6.08. The molecule has 0 aliphatic carbocycles. The Morgan fingerprint density at radius 1 is 1.30 bits per heavy atom. The van der Waals surface area contributed by atoms with Crippen molar-refractivity contribution < 1.29 is 9.59 Å². The van der Waals surface area contributed by atoms with Gasteiger partial charge in [-0.1, -0.05) is 6.07 Å². The normalized spacial score (nSPS) is 19.6. The van der Waals surface area contributed by atoms with Crippen molar-refractivity contribution in [2.24, 2.45) is 0 Å². The SMILES string of the molecule is CCNC(=O)[C@@H]1C[C@H](NC(=O)c2cncnc2C)CN1Cc1cccnc1. The third-order valence-corrected chi connectivity index (χ3v) is 4.66. The summed E-state index contributed by atoms with van der Waals surface area (Å²) in [7, 11) is 0. The van der Waals surface area contributed by atoms with Gasteiger partial charge in [-0.15, -0.1) is 0 Å². The Bertz CT molecular complexity index is 798. The van der Waals surface area contributed by atoms with Crippen molar-refractivity contribution in [1.82, 2.24) is 30.5 Å². The van der Waals surface area contributed by atoms with E-state index in [9.17, 15) is 9.59 Å². The number of aromatic nitrogens is 3. The topological polar surface area (TPSA) is 100 Å². The second-order valence-corrected chi connectivity index (χ2v) is 6.63. The molecule has 3 rings (SSSR count). The van der Waals surface area contributed by atoms with Gasteiger partial charge < -0.3 is 10.6 Å². The molecule has 142 valence electrons. The standard InChI is InChI=1S/C19H24N6O2/c1-3-22-19(27)17-7-15(11-25(17)10-14-5-4-6-20-8-14)24-18(26)16-9-21-12-23-13(16)2/h4-6,8-9,12,15,17H,3,7,10-11H2,1-2H3,(H,22,27)(H,24,26)/t15-,17-/m0/s1.